The third kappa shape index (κ3) is 4.20. The molecule has 1 aromatic rings. The summed E-state index contributed by atoms with van der Waals surface area (Å²) in [4.78, 5) is 22.2. The Kier molecular flexibility index (Phi) is 5.04. The molecule has 7 nitrogen and oxygen atoms in total. The molecule has 20 heavy (non-hydrogen) atoms. The number of hydrogen-bond donors (Lipinski definition) is 2. The predicted octanol–water partition coefficient (Wildman–Crippen LogP) is 1.85. The SMILES string of the molecule is CCOC(C)(C)CNC(=O)c1cc(O)ccc1[N+](=O)[O-]. The molecular formula is C13H18N2O5. The smallest absolute Gasteiger partial charge is 0.282 e. The summed E-state index contributed by atoms with van der Waals surface area (Å²) in [7, 11) is 0. The van der Waals surface area contributed by atoms with Gasteiger partial charge in [0, 0.05) is 19.2 Å². The second-order valence-corrected chi connectivity index (χ2v) is 4.83. The Hall–Kier alpha value is -2.15. The summed E-state index contributed by atoms with van der Waals surface area (Å²) in [6.45, 7) is 6.13. The fraction of sp³-hybridized carbons (Fsp3) is 0.462. The van der Waals surface area contributed by atoms with Gasteiger partial charge in [0.15, 0.2) is 0 Å². The van der Waals surface area contributed by atoms with Crippen molar-refractivity contribution in [3.05, 3.63) is 33.9 Å². The third-order valence-electron chi connectivity index (χ3n) is 2.63. The number of benzene rings is 1. The fourth-order valence-corrected chi connectivity index (χ4v) is 1.70. The lowest BCUT2D eigenvalue weighted by atomic mass is 10.1. The van der Waals surface area contributed by atoms with Gasteiger partial charge < -0.3 is 15.2 Å². The monoisotopic (exact) mass is 282 g/mol. The first-order chi connectivity index (χ1) is 9.26. The molecule has 0 saturated heterocycles. The highest BCUT2D eigenvalue weighted by Crippen LogP contribution is 2.23. The van der Waals surface area contributed by atoms with Crippen LogP contribution in [0.4, 0.5) is 5.69 Å². The molecule has 7 heteroatoms. The van der Waals surface area contributed by atoms with E-state index in [1.165, 1.54) is 6.07 Å². The van der Waals surface area contributed by atoms with Crippen LogP contribution in [0.25, 0.3) is 0 Å². The number of carbonyl (C=O) groups is 1. The van der Waals surface area contributed by atoms with Crippen molar-refractivity contribution in [1.29, 1.82) is 0 Å². The molecule has 0 heterocycles. The number of nitrogens with one attached hydrogen (secondary N) is 1. The number of phenols is 1. The number of hydrogen-bond acceptors (Lipinski definition) is 5. The van der Waals surface area contributed by atoms with Crippen LogP contribution in [-0.2, 0) is 4.74 Å². The number of rotatable bonds is 6. The van der Waals surface area contributed by atoms with E-state index in [1.54, 1.807) is 13.8 Å². The lowest BCUT2D eigenvalue weighted by Gasteiger charge is -2.24. The zero-order valence-corrected chi connectivity index (χ0v) is 11.7. The molecule has 0 unspecified atom stereocenters. The molecule has 1 aromatic carbocycles. The minimum absolute atomic E-state index is 0.178. The minimum atomic E-state index is -0.665. The Bertz CT molecular complexity index is 513. The normalized spacial score (nSPS) is 11.2. The van der Waals surface area contributed by atoms with Gasteiger partial charge in [0.2, 0.25) is 0 Å². The van der Waals surface area contributed by atoms with E-state index < -0.39 is 16.4 Å². The molecule has 0 fully saturated rings. The van der Waals surface area contributed by atoms with Crippen LogP contribution >= 0.6 is 0 Å². The lowest BCUT2D eigenvalue weighted by Crippen LogP contribution is -2.40. The topological polar surface area (TPSA) is 102 Å². The van der Waals surface area contributed by atoms with E-state index in [0.717, 1.165) is 12.1 Å². The van der Waals surface area contributed by atoms with Crippen molar-refractivity contribution in [1.82, 2.24) is 5.32 Å². The molecular weight excluding hydrogens is 264 g/mol. The van der Waals surface area contributed by atoms with Crippen LogP contribution < -0.4 is 5.32 Å². The molecule has 0 atom stereocenters. The van der Waals surface area contributed by atoms with Gasteiger partial charge in [0.1, 0.15) is 11.3 Å². The van der Waals surface area contributed by atoms with Gasteiger partial charge in [-0.05, 0) is 32.9 Å². The second-order valence-electron chi connectivity index (χ2n) is 4.83. The Balaban J connectivity index is 2.87. The van der Waals surface area contributed by atoms with E-state index in [-0.39, 0.29) is 23.5 Å². The summed E-state index contributed by atoms with van der Waals surface area (Å²) in [5.74, 6) is -0.829. The van der Waals surface area contributed by atoms with Gasteiger partial charge in [-0.2, -0.15) is 0 Å². The van der Waals surface area contributed by atoms with E-state index in [9.17, 15) is 20.0 Å². The summed E-state index contributed by atoms with van der Waals surface area (Å²) < 4.78 is 5.42. The molecule has 0 radical (unpaired) electrons. The average molecular weight is 282 g/mol. The zero-order valence-electron chi connectivity index (χ0n) is 11.7. The number of nitrogens with zero attached hydrogens (tertiary/aromatic N) is 1. The highest BCUT2D eigenvalue weighted by molar-refractivity contribution is 5.98. The number of aromatic hydroxyl groups is 1. The Morgan fingerprint density at radius 3 is 2.70 bits per heavy atom. The van der Waals surface area contributed by atoms with Crippen molar-refractivity contribution in [2.75, 3.05) is 13.2 Å². The van der Waals surface area contributed by atoms with Gasteiger partial charge in [-0.3, -0.25) is 14.9 Å². The molecule has 2 N–H and O–H groups in total. The Morgan fingerprint density at radius 2 is 2.15 bits per heavy atom. The standard InChI is InChI=1S/C13H18N2O5/c1-4-20-13(2,3)8-14-12(17)10-7-9(16)5-6-11(10)15(18)19/h5-7,16H,4,8H2,1-3H3,(H,14,17). The summed E-state index contributed by atoms with van der Waals surface area (Å²) >= 11 is 0. The van der Waals surface area contributed by atoms with Crippen LogP contribution in [0, 0.1) is 10.1 Å². The zero-order chi connectivity index (χ0) is 15.3. The van der Waals surface area contributed by atoms with Crippen LogP contribution in [0.3, 0.4) is 0 Å². The molecule has 0 aliphatic heterocycles. The number of nitro groups is 1. The van der Waals surface area contributed by atoms with Crippen LogP contribution in [0.15, 0.2) is 18.2 Å². The second kappa shape index (κ2) is 6.33. The number of carbonyl (C=O) groups excluding carboxylic acids is 1. The quantitative estimate of drug-likeness (QED) is 0.612. The molecule has 0 spiro atoms. The number of phenolic OH excluding ortho intramolecular Hbond substituents is 1. The van der Waals surface area contributed by atoms with Crippen molar-refractivity contribution < 1.29 is 19.6 Å². The summed E-state index contributed by atoms with van der Waals surface area (Å²) in [6, 6.07) is 3.33. The van der Waals surface area contributed by atoms with Crippen molar-refractivity contribution in [2.24, 2.45) is 0 Å². The van der Waals surface area contributed by atoms with Crippen LogP contribution in [0.2, 0.25) is 0 Å². The molecule has 0 aliphatic carbocycles. The van der Waals surface area contributed by atoms with Gasteiger partial charge in [-0.25, -0.2) is 0 Å². The van der Waals surface area contributed by atoms with Crippen molar-refractivity contribution in [2.45, 2.75) is 26.4 Å². The Labute approximate surface area is 116 Å². The van der Waals surface area contributed by atoms with Crippen molar-refractivity contribution >= 4 is 11.6 Å². The number of ether oxygens (including phenoxy) is 1. The van der Waals surface area contributed by atoms with Crippen LogP contribution in [-0.4, -0.2) is 34.7 Å². The fourth-order valence-electron chi connectivity index (χ4n) is 1.70. The van der Waals surface area contributed by atoms with Gasteiger partial charge >= 0.3 is 0 Å². The first-order valence-electron chi connectivity index (χ1n) is 6.16. The molecule has 0 aromatic heterocycles. The predicted molar refractivity (Wildman–Crippen MR) is 72.8 cm³/mol. The lowest BCUT2D eigenvalue weighted by molar-refractivity contribution is -0.385. The van der Waals surface area contributed by atoms with E-state index in [4.69, 9.17) is 4.74 Å². The summed E-state index contributed by atoms with van der Waals surface area (Å²) in [6.07, 6.45) is 0. The highest BCUT2D eigenvalue weighted by Gasteiger charge is 2.24. The van der Waals surface area contributed by atoms with Gasteiger partial charge in [-0.1, -0.05) is 0 Å². The number of amides is 1. The molecule has 0 saturated carbocycles. The summed E-state index contributed by atoms with van der Waals surface area (Å²) in [5, 5.41) is 22.8. The summed E-state index contributed by atoms with van der Waals surface area (Å²) in [5.41, 5.74) is -1.10. The van der Waals surface area contributed by atoms with Crippen molar-refractivity contribution in [3.8, 4) is 5.75 Å². The van der Waals surface area contributed by atoms with Gasteiger partial charge in [-0.15, -0.1) is 0 Å². The van der Waals surface area contributed by atoms with Crippen LogP contribution in [0.5, 0.6) is 5.75 Å². The highest BCUT2D eigenvalue weighted by atomic mass is 16.6. The molecule has 1 rings (SSSR count). The van der Waals surface area contributed by atoms with Gasteiger partial charge in [0.05, 0.1) is 10.5 Å². The largest absolute Gasteiger partial charge is 0.508 e. The molecule has 0 aliphatic rings. The molecule has 1 amide bonds. The van der Waals surface area contributed by atoms with E-state index in [1.807, 2.05) is 6.92 Å². The maximum absolute atomic E-state index is 12.0. The maximum atomic E-state index is 12.0. The van der Waals surface area contributed by atoms with Crippen LogP contribution in [0.1, 0.15) is 31.1 Å². The van der Waals surface area contributed by atoms with E-state index >= 15 is 0 Å². The van der Waals surface area contributed by atoms with Gasteiger partial charge in [0.25, 0.3) is 11.6 Å². The molecule has 0 bridgehead atoms. The molecule has 110 valence electrons. The average Bonchev–Trinajstić information content (AvgIpc) is 2.35. The maximum Gasteiger partial charge on any atom is 0.282 e. The van der Waals surface area contributed by atoms with Crippen molar-refractivity contribution in [3.63, 3.8) is 0 Å². The Morgan fingerprint density at radius 1 is 1.50 bits per heavy atom. The first kappa shape index (κ1) is 15.9. The third-order valence-corrected chi connectivity index (χ3v) is 2.63. The number of nitro benzene ring substituents is 1. The minimum Gasteiger partial charge on any atom is -0.508 e. The van der Waals surface area contributed by atoms with E-state index in [2.05, 4.69) is 5.32 Å². The first-order valence-corrected chi connectivity index (χ1v) is 6.16. The van der Waals surface area contributed by atoms with E-state index in [0.29, 0.717) is 6.61 Å².